The molecule has 0 spiro atoms. The molecule has 0 N–H and O–H groups in total. The molecule has 0 radical (unpaired) electrons. The van der Waals surface area contributed by atoms with Gasteiger partial charge in [-0.2, -0.15) is 0 Å². The van der Waals surface area contributed by atoms with Crippen molar-refractivity contribution in [1.29, 1.82) is 0 Å². The molecule has 2 heterocycles. The quantitative estimate of drug-likeness (QED) is 0.672. The second-order valence-corrected chi connectivity index (χ2v) is 7.31. The molecule has 1 unspecified atom stereocenters. The lowest BCUT2D eigenvalue weighted by atomic mass is 10.0. The second-order valence-electron chi connectivity index (χ2n) is 6.88. The van der Waals surface area contributed by atoms with Crippen LogP contribution in [0, 0.1) is 0 Å². The molecular formula is C21H24ClN3O4. The number of benzene rings is 1. The summed E-state index contributed by atoms with van der Waals surface area (Å²) in [6.07, 6.45) is 1.95. The standard InChI is InChI=1S/C21H24ClN3O4/c1-29-21(28)20(16-5-7-17(22)8-6-16)25-14-12-24(13-15-25)19(27)9-11-23-10-3-2-4-18(23)26/h2-8,10,20H,9,11-15H2,1H3. The van der Waals surface area contributed by atoms with Gasteiger partial charge in [0.25, 0.3) is 5.56 Å². The molecule has 29 heavy (non-hydrogen) atoms. The summed E-state index contributed by atoms with van der Waals surface area (Å²) in [5.41, 5.74) is 0.693. The minimum atomic E-state index is -0.530. The predicted octanol–water partition coefficient (Wildman–Crippen LogP) is 1.95. The number of aryl methyl sites for hydroxylation is 1. The van der Waals surface area contributed by atoms with Crippen LogP contribution in [-0.4, -0.2) is 59.5 Å². The number of pyridine rings is 1. The van der Waals surface area contributed by atoms with E-state index < -0.39 is 6.04 Å². The van der Waals surface area contributed by atoms with E-state index in [0.717, 1.165) is 5.56 Å². The molecule has 1 aliphatic heterocycles. The van der Waals surface area contributed by atoms with Gasteiger partial charge in [0.15, 0.2) is 0 Å². The van der Waals surface area contributed by atoms with Crippen LogP contribution in [0.4, 0.5) is 0 Å². The topological polar surface area (TPSA) is 71.8 Å². The maximum atomic E-state index is 12.5. The highest BCUT2D eigenvalue weighted by molar-refractivity contribution is 6.30. The van der Waals surface area contributed by atoms with Crippen molar-refractivity contribution < 1.29 is 14.3 Å². The predicted molar refractivity (Wildman–Crippen MR) is 110 cm³/mol. The maximum Gasteiger partial charge on any atom is 0.327 e. The molecule has 3 rings (SSSR count). The van der Waals surface area contributed by atoms with Crippen LogP contribution in [0.25, 0.3) is 0 Å². The first-order valence-electron chi connectivity index (χ1n) is 9.50. The van der Waals surface area contributed by atoms with Gasteiger partial charge in [-0.1, -0.05) is 29.8 Å². The smallest absolute Gasteiger partial charge is 0.327 e. The van der Waals surface area contributed by atoms with Gasteiger partial charge in [-0.05, 0) is 23.8 Å². The summed E-state index contributed by atoms with van der Waals surface area (Å²) >= 11 is 5.96. The van der Waals surface area contributed by atoms with Gasteiger partial charge in [-0.25, -0.2) is 4.79 Å². The highest BCUT2D eigenvalue weighted by Crippen LogP contribution is 2.25. The average Bonchev–Trinajstić information content (AvgIpc) is 2.75. The van der Waals surface area contributed by atoms with Gasteiger partial charge in [-0.3, -0.25) is 14.5 Å². The van der Waals surface area contributed by atoms with Crippen molar-refractivity contribution in [3.63, 3.8) is 0 Å². The van der Waals surface area contributed by atoms with Crippen molar-refractivity contribution >= 4 is 23.5 Å². The van der Waals surface area contributed by atoms with Crippen LogP contribution >= 0.6 is 11.6 Å². The minimum Gasteiger partial charge on any atom is -0.468 e. The number of amides is 1. The Kier molecular flexibility index (Phi) is 7.06. The SMILES string of the molecule is COC(=O)C(c1ccc(Cl)cc1)N1CCN(C(=O)CCn2ccccc2=O)CC1. The molecular weight excluding hydrogens is 394 g/mol. The average molecular weight is 418 g/mol. The number of ether oxygens (including phenoxy) is 1. The van der Waals surface area contributed by atoms with Crippen LogP contribution in [0.3, 0.4) is 0 Å². The molecule has 7 nitrogen and oxygen atoms in total. The van der Waals surface area contributed by atoms with Gasteiger partial charge in [0, 0.05) is 56.4 Å². The van der Waals surface area contributed by atoms with Crippen molar-refractivity contribution in [2.45, 2.75) is 19.0 Å². The van der Waals surface area contributed by atoms with E-state index in [0.29, 0.717) is 37.7 Å². The third-order valence-electron chi connectivity index (χ3n) is 5.11. The van der Waals surface area contributed by atoms with Crippen molar-refractivity contribution in [2.75, 3.05) is 33.3 Å². The first-order chi connectivity index (χ1) is 14.0. The summed E-state index contributed by atoms with van der Waals surface area (Å²) in [4.78, 5) is 40.5. The summed E-state index contributed by atoms with van der Waals surface area (Å²) in [7, 11) is 1.37. The van der Waals surface area contributed by atoms with E-state index in [4.69, 9.17) is 16.3 Å². The number of aromatic nitrogens is 1. The van der Waals surface area contributed by atoms with Crippen LogP contribution in [0.15, 0.2) is 53.5 Å². The number of esters is 1. The van der Waals surface area contributed by atoms with Gasteiger partial charge < -0.3 is 14.2 Å². The van der Waals surface area contributed by atoms with Gasteiger partial charge in [0.05, 0.1) is 7.11 Å². The number of hydrogen-bond acceptors (Lipinski definition) is 5. The molecule has 1 atom stereocenters. The Bertz CT molecular complexity index is 905. The summed E-state index contributed by atoms with van der Waals surface area (Å²) in [5, 5.41) is 0.602. The van der Waals surface area contributed by atoms with Crippen molar-refractivity contribution in [3.05, 3.63) is 69.6 Å². The lowest BCUT2D eigenvalue weighted by Gasteiger charge is -2.38. The highest BCUT2D eigenvalue weighted by Gasteiger charge is 2.32. The van der Waals surface area contributed by atoms with E-state index in [2.05, 4.69) is 0 Å². The Labute approximate surface area is 174 Å². The summed E-state index contributed by atoms with van der Waals surface area (Å²) in [6.45, 7) is 2.50. The number of hydrogen-bond donors (Lipinski definition) is 0. The number of piperazine rings is 1. The molecule has 1 aliphatic rings. The summed E-state index contributed by atoms with van der Waals surface area (Å²) < 4.78 is 6.53. The van der Waals surface area contributed by atoms with E-state index in [9.17, 15) is 14.4 Å². The van der Waals surface area contributed by atoms with Crippen molar-refractivity contribution in [1.82, 2.24) is 14.4 Å². The second kappa shape index (κ2) is 9.71. The monoisotopic (exact) mass is 417 g/mol. The van der Waals surface area contributed by atoms with Crippen molar-refractivity contribution in [3.8, 4) is 0 Å². The zero-order valence-corrected chi connectivity index (χ0v) is 17.0. The Morgan fingerprint density at radius 1 is 1.07 bits per heavy atom. The van der Waals surface area contributed by atoms with Crippen LogP contribution in [-0.2, 0) is 20.9 Å². The number of rotatable bonds is 6. The number of carbonyl (C=O) groups excluding carboxylic acids is 2. The van der Waals surface area contributed by atoms with E-state index in [-0.39, 0.29) is 23.9 Å². The molecule has 1 aromatic carbocycles. The zero-order valence-electron chi connectivity index (χ0n) is 16.3. The van der Waals surface area contributed by atoms with Crippen LogP contribution < -0.4 is 5.56 Å². The third kappa shape index (κ3) is 5.25. The van der Waals surface area contributed by atoms with E-state index >= 15 is 0 Å². The van der Waals surface area contributed by atoms with Crippen LogP contribution in [0.1, 0.15) is 18.0 Å². The molecule has 0 aliphatic carbocycles. The first-order valence-corrected chi connectivity index (χ1v) is 9.88. The molecule has 2 aromatic rings. The molecule has 1 fully saturated rings. The molecule has 8 heteroatoms. The molecule has 1 aromatic heterocycles. The Morgan fingerprint density at radius 2 is 1.76 bits per heavy atom. The Morgan fingerprint density at radius 3 is 2.38 bits per heavy atom. The van der Waals surface area contributed by atoms with Gasteiger partial charge in [0.1, 0.15) is 6.04 Å². The summed E-state index contributed by atoms with van der Waals surface area (Å²) in [5.74, 6) is -0.336. The van der Waals surface area contributed by atoms with Crippen molar-refractivity contribution in [2.24, 2.45) is 0 Å². The fourth-order valence-corrected chi connectivity index (χ4v) is 3.63. The molecule has 1 saturated heterocycles. The summed E-state index contributed by atoms with van der Waals surface area (Å²) in [6, 6.07) is 11.5. The first kappa shape index (κ1) is 21.1. The van der Waals surface area contributed by atoms with Gasteiger partial charge in [0.2, 0.25) is 5.91 Å². The number of halogens is 1. The fraction of sp³-hybridized carbons (Fsp3) is 0.381. The fourth-order valence-electron chi connectivity index (χ4n) is 3.50. The molecule has 0 bridgehead atoms. The number of nitrogens with zero attached hydrogens (tertiary/aromatic N) is 3. The minimum absolute atomic E-state index is 0.00140. The zero-order chi connectivity index (χ0) is 20.8. The molecule has 0 saturated carbocycles. The lowest BCUT2D eigenvalue weighted by molar-refractivity contribution is -0.148. The largest absolute Gasteiger partial charge is 0.468 e. The van der Waals surface area contributed by atoms with E-state index in [1.54, 1.807) is 35.4 Å². The van der Waals surface area contributed by atoms with E-state index in [1.807, 2.05) is 17.0 Å². The normalized spacial score (nSPS) is 15.7. The lowest BCUT2D eigenvalue weighted by Crippen LogP contribution is -2.51. The van der Waals surface area contributed by atoms with E-state index in [1.165, 1.54) is 17.7 Å². The number of carbonyl (C=O) groups is 2. The Balaban J connectivity index is 1.59. The Hall–Kier alpha value is -2.64. The molecule has 1 amide bonds. The van der Waals surface area contributed by atoms with Crippen LogP contribution in [0.2, 0.25) is 5.02 Å². The third-order valence-corrected chi connectivity index (χ3v) is 5.36. The highest BCUT2D eigenvalue weighted by atomic mass is 35.5. The van der Waals surface area contributed by atoms with Gasteiger partial charge in [-0.15, -0.1) is 0 Å². The van der Waals surface area contributed by atoms with Crippen LogP contribution in [0.5, 0.6) is 0 Å². The maximum absolute atomic E-state index is 12.5. The number of methoxy groups -OCH3 is 1. The molecule has 154 valence electrons. The van der Waals surface area contributed by atoms with Gasteiger partial charge >= 0.3 is 5.97 Å².